The molecule has 0 saturated carbocycles. The summed E-state index contributed by atoms with van der Waals surface area (Å²) in [4.78, 5) is 25.6. The van der Waals surface area contributed by atoms with Crippen molar-refractivity contribution >= 4 is 5.91 Å². The van der Waals surface area contributed by atoms with Crippen LogP contribution in [0.3, 0.4) is 0 Å². The third-order valence-corrected chi connectivity index (χ3v) is 3.64. The summed E-state index contributed by atoms with van der Waals surface area (Å²) in [6.07, 6.45) is 1.46. The van der Waals surface area contributed by atoms with E-state index in [0.717, 1.165) is 24.3 Å². The number of nitrogens with zero attached hydrogens (tertiary/aromatic N) is 3. The fourth-order valence-corrected chi connectivity index (χ4v) is 2.66. The monoisotopic (exact) mass is 271 g/mol. The van der Waals surface area contributed by atoms with Gasteiger partial charge in [-0.2, -0.15) is 0 Å². The predicted octanol–water partition coefficient (Wildman–Crippen LogP) is 1.53. The summed E-state index contributed by atoms with van der Waals surface area (Å²) in [6, 6.07) is 11.3. The van der Waals surface area contributed by atoms with Crippen molar-refractivity contribution in [1.82, 2.24) is 14.3 Å². The highest BCUT2D eigenvalue weighted by Gasteiger charge is 2.22. The molecule has 2 aromatic rings. The third-order valence-electron chi connectivity index (χ3n) is 3.64. The van der Waals surface area contributed by atoms with Crippen molar-refractivity contribution in [1.29, 1.82) is 0 Å². The summed E-state index contributed by atoms with van der Waals surface area (Å²) < 4.78 is 3.49. The van der Waals surface area contributed by atoms with Gasteiger partial charge in [0.05, 0.1) is 5.69 Å². The van der Waals surface area contributed by atoms with E-state index in [4.69, 9.17) is 0 Å². The average Bonchev–Trinajstić information content (AvgIpc) is 2.96. The number of benzene rings is 1. The van der Waals surface area contributed by atoms with Crippen LogP contribution in [0.1, 0.15) is 18.5 Å². The molecule has 1 amide bonds. The normalized spacial score (nSPS) is 15.1. The molecule has 0 unspecified atom stereocenters. The minimum Gasteiger partial charge on any atom is -0.323 e. The second-order valence-electron chi connectivity index (χ2n) is 5.07. The van der Waals surface area contributed by atoms with E-state index in [2.05, 4.69) is 0 Å². The zero-order valence-corrected chi connectivity index (χ0v) is 11.5. The molecule has 3 rings (SSSR count). The molecule has 1 aromatic carbocycles. The van der Waals surface area contributed by atoms with Gasteiger partial charge in [0.25, 0.3) is 5.56 Å². The van der Waals surface area contributed by atoms with Crippen LogP contribution in [0.5, 0.6) is 0 Å². The van der Waals surface area contributed by atoms with Gasteiger partial charge >= 0.3 is 0 Å². The quantitative estimate of drug-likeness (QED) is 0.850. The highest BCUT2D eigenvalue weighted by Crippen LogP contribution is 2.13. The number of hydrogen-bond acceptors (Lipinski definition) is 2. The van der Waals surface area contributed by atoms with Gasteiger partial charge in [-0.3, -0.25) is 14.3 Å². The first-order valence-corrected chi connectivity index (χ1v) is 6.79. The average molecular weight is 271 g/mol. The lowest BCUT2D eigenvalue weighted by Crippen LogP contribution is -2.34. The zero-order chi connectivity index (χ0) is 14.1. The van der Waals surface area contributed by atoms with Gasteiger partial charge in [0.2, 0.25) is 5.91 Å². The van der Waals surface area contributed by atoms with E-state index in [-0.39, 0.29) is 11.5 Å². The molecule has 20 heavy (non-hydrogen) atoms. The van der Waals surface area contributed by atoms with E-state index < -0.39 is 0 Å². The molecule has 1 aliphatic rings. The first kappa shape index (κ1) is 12.7. The van der Waals surface area contributed by atoms with Crippen LogP contribution in [0.4, 0.5) is 0 Å². The number of likely N-dealkylation sites (tertiary alicyclic amines) is 1. The summed E-state index contributed by atoms with van der Waals surface area (Å²) in [5.74, 6) is 0.121. The second-order valence-corrected chi connectivity index (χ2v) is 5.07. The number of carbonyl (C=O) groups excluding carboxylic acids is 1. The SMILES string of the molecule is Cc1cc(=O)n(CN2CCCC2=O)n1-c1ccccc1. The van der Waals surface area contributed by atoms with Gasteiger partial charge in [-0.15, -0.1) is 0 Å². The molecule has 104 valence electrons. The number of aryl methyl sites for hydroxylation is 1. The summed E-state index contributed by atoms with van der Waals surface area (Å²) >= 11 is 0. The summed E-state index contributed by atoms with van der Waals surface area (Å²) in [7, 11) is 0. The van der Waals surface area contributed by atoms with Crippen molar-refractivity contribution in [3.63, 3.8) is 0 Å². The highest BCUT2D eigenvalue weighted by molar-refractivity contribution is 5.77. The second kappa shape index (κ2) is 5.00. The first-order chi connectivity index (χ1) is 9.66. The Morgan fingerprint density at radius 1 is 1.15 bits per heavy atom. The standard InChI is InChI=1S/C15H17N3O2/c1-12-10-15(20)17(11-16-9-5-8-14(16)19)18(12)13-6-3-2-4-7-13/h2-4,6-7,10H,5,8-9,11H2,1H3. The number of para-hydroxylation sites is 1. The molecule has 0 radical (unpaired) electrons. The lowest BCUT2D eigenvalue weighted by Gasteiger charge is -2.20. The Labute approximate surface area is 117 Å². The van der Waals surface area contributed by atoms with E-state index >= 15 is 0 Å². The maximum Gasteiger partial charge on any atom is 0.268 e. The van der Waals surface area contributed by atoms with Gasteiger partial charge in [-0.05, 0) is 25.5 Å². The Hall–Kier alpha value is -2.30. The van der Waals surface area contributed by atoms with Crippen LogP contribution in [0.15, 0.2) is 41.2 Å². The third kappa shape index (κ3) is 2.15. The Morgan fingerprint density at radius 2 is 1.90 bits per heavy atom. The molecule has 1 aliphatic heterocycles. The Balaban J connectivity index is 2.02. The molecule has 2 heterocycles. The van der Waals surface area contributed by atoms with Crippen LogP contribution >= 0.6 is 0 Å². The number of aromatic nitrogens is 2. The molecular weight excluding hydrogens is 254 g/mol. The minimum atomic E-state index is -0.0777. The molecule has 0 aliphatic carbocycles. The zero-order valence-electron chi connectivity index (χ0n) is 11.5. The largest absolute Gasteiger partial charge is 0.323 e. The van der Waals surface area contributed by atoms with E-state index in [1.165, 1.54) is 0 Å². The van der Waals surface area contributed by atoms with Crippen LogP contribution in [0.2, 0.25) is 0 Å². The van der Waals surface area contributed by atoms with Crippen molar-refractivity contribution in [2.45, 2.75) is 26.4 Å². The van der Waals surface area contributed by atoms with Gasteiger partial charge in [0, 0.05) is 24.7 Å². The van der Waals surface area contributed by atoms with Crippen molar-refractivity contribution in [3.8, 4) is 5.69 Å². The molecule has 0 N–H and O–H groups in total. The molecule has 0 bridgehead atoms. The highest BCUT2D eigenvalue weighted by atomic mass is 16.2. The summed E-state index contributed by atoms with van der Waals surface area (Å²) in [5.41, 5.74) is 1.72. The molecule has 1 fully saturated rings. The summed E-state index contributed by atoms with van der Waals surface area (Å²) in [6.45, 7) is 2.95. The fourth-order valence-electron chi connectivity index (χ4n) is 2.66. The van der Waals surface area contributed by atoms with E-state index in [9.17, 15) is 9.59 Å². The molecular formula is C15H17N3O2. The smallest absolute Gasteiger partial charge is 0.268 e. The minimum absolute atomic E-state index is 0.0777. The molecule has 0 spiro atoms. The van der Waals surface area contributed by atoms with Gasteiger partial charge in [0.1, 0.15) is 6.67 Å². The van der Waals surface area contributed by atoms with Gasteiger partial charge in [0.15, 0.2) is 0 Å². The van der Waals surface area contributed by atoms with Gasteiger partial charge in [-0.25, -0.2) is 4.68 Å². The number of carbonyl (C=O) groups is 1. The lowest BCUT2D eigenvalue weighted by atomic mass is 10.3. The molecule has 1 aromatic heterocycles. The van der Waals surface area contributed by atoms with E-state index in [1.807, 2.05) is 41.9 Å². The van der Waals surface area contributed by atoms with E-state index in [0.29, 0.717) is 13.1 Å². The van der Waals surface area contributed by atoms with Crippen LogP contribution in [-0.2, 0) is 11.5 Å². The first-order valence-electron chi connectivity index (χ1n) is 6.79. The Bertz CT molecular complexity index is 685. The number of hydrogen-bond donors (Lipinski definition) is 0. The molecule has 1 saturated heterocycles. The number of amides is 1. The number of rotatable bonds is 3. The Kier molecular flexibility index (Phi) is 3.18. The molecule has 5 heteroatoms. The topological polar surface area (TPSA) is 47.2 Å². The Morgan fingerprint density at radius 3 is 2.55 bits per heavy atom. The lowest BCUT2D eigenvalue weighted by molar-refractivity contribution is -0.129. The van der Waals surface area contributed by atoms with Gasteiger partial charge in [-0.1, -0.05) is 18.2 Å². The van der Waals surface area contributed by atoms with Crippen molar-refractivity contribution in [3.05, 3.63) is 52.4 Å². The van der Waals surface area contributed by atoms with Crippen molar-refractivity contribution < 1.29 is 4.79 Å². The predicted molar refractivity (Wildman–Crippen MR) is 75.7 cm³/mol. The van der Waals surface area contributed by atoms with Crippen LogP contribution in [0, 0.1) is 6.92 Å². The van der Waals surface area contributed by atoms with Crippen LogP contribution < -0.4 is 5.56 Å². The van der Waals surface area contributed by atoms with Crippen molar-refractivity contribution in [2.75, 3.05) is 6.54 Å². The maximum absolute atomic E-state index is 12.1. The van der Waals surface area contributed by atoms with Gasteiger partial charge < -0.3 is 4.90 Å². The molecule has 5 nitrogen and oxygen atoms in total. The fraction of sp³-hybridized carbons (Fsp3) is 0.333. The van der Waals surface area contributed by atoms with Crippen LogP contribution in [0.25, 0.3) is 5.69 Å². The molecule has 0 atom stereocenters. The maximum atomic E-state index is 12.1. The van der Waals surface area contributed by atoms with E-state index in [1.54, 1.807) is 15.6 Å². The van der Waals surface area contributed by atoms with Crippen molar-refractivity contribution in [2.24, 2.45) is 0 Å². The van der Waals surface area contributed by atoms with Crippen LogP contribution in [-0.4, -0.2) is 26.7 Å². The summed E-state index contributed by atoms with van der Waals surface area (Å²) in [5, 5.41) is 0.